The first-order chi connectivity index (χ1) is 18.3. The molecular formula is C28H32N4O6. The van der Waals surface area contributed by atoms with Crippen LogP contribution in [0.4, 0.5) is 17.1 Å². The van der Waals surface area contributed by atoms with Crippen molar-refractivity contribution >= 4 is 28.9 Å². The SMILES string of the molecule is CCC(Nc1c(Nc2cccc(C(=O)N3CCC4(CCNC4=O)CC3)c2OC)c(=O)c1=O)c1ccc(C)o1. The molecular weight excluding hydrogens is 488 g/mol. The summed E-state index contributed by atoms with van der Waals surface area (Å²) in [5.74, 6) is 1.58. The van der Waals surface area contributed by atoms with Crippen molar-refractivity contribution in [1.29, 1.82) is 0 Å². The van der Waals surface area contributed by atoms with Crippen LogP contribution in [-0.2, 0) is 4.79 Å². The fraction of sp³-hybridized carbons (Fsp3) is 0.429. The molecule has 200 valence electrons. The van der Waals surface area contributed by atoms with Crippen molar-refractivity contribution in [3.05, 3.63) is 67.9 Å². The van der Waals surface area contributed by atoms with Crippen molar-refractivity contribution in [2.45, 2.75) is 45.6 Å². The van der Waals surface area contributed by atoms with Crippen molar-refractivity contribution in [2.75, 3.05) is 37.4 Å². The summed E-state index contributed by atoms with van der Waals surface area (Å²) in [6.45, 7) is 5.43. The number of benzene rings is 1. The number of furan rings is 1. The molecule has 2 aliphatic heterocycles. The van der Waals surface area contributed by atoms with Gasteiger partial charge in [-0.05, 0) is 56.9 Å². The number of aryl methyl sites for hydroxylation is 1. The molecule has 2 amide bonds. The number of nitrogens with one attached hydrogen (secondary N) is 3. The molecule has 3 heterocycles. The second-order valence-electron chi connectivity index (χ2n) is 10.1. The molecule has 0 saturated carbocycles. The lowest BCUT2D eigenvalue weighted by Gasteiger charge is -2.37. The highest BCUT2D eigenvalue weighted by Gasteiger charge is 2.45. The van der Waals surface area contributed by atoms with Gasteiger partial charge in [-0.2, -0.15) is 0 Å². The molecule has 3 aromatic rings. The van der Waals surface area contributed by atoms with E-state index in [1.807, 2.05) is 26.0 Å². The van der Waals surface area contributed by atoms with E-state index >= 15 is 0 Å². The van der Waals surface area contributed by atoms with Gasteiger partial charge < -0.3 is 30.0 Å². The molecule has 2 fully saturated rings. The monoisotopic (exact) mass is 520 g/mol. The first-order valence-electron chi connectivity index (χ1n) is 13.0. The van der Waals surface area contributed by atoms with Crippen molar-refractivity contribution in [2.24, 2.45) is 5.41 Å². The summed E-state index contributed by atoms with van der Waals surface area (Å²) in [5, 5.41) is 9.08. The molecule has 0 aliphatic carbocycles. The second kappa shape index (κ2) is 10.00. The Morgan fingerprint density at radius 2 is 1.84 bits per heavy atom. The first-order valence-corrected chi connectivity index (χ1v) is 13.0. The Bertz CT molecular complexity index is 1440. The van der Waals surface area contributed by atoms with Gasteiger partial charge in [-0.3, -0.25) is 19.2 Å². The molecule has 2 aliphatic rings. The summed E-state index contributed by atoms with van der Waals surface area (Å²) in [7, 11) is 1.46. The maximum absolute atomic E-state index is 13.5. The van der Waals surface area contributed by atoms with Gasteiger partial charge in [-0.1, -0.05) is 13.0 Å². The molecule has 2 aromatic carbocycles. The van der Waals surface area contributed by atoms with Gasteiger partial charge in [0.15, 0.2) is 5.75 Å². The van der Waals surface area contributed by atoms with Crippen LogP contribution in [0.5, 0.6) is 5.75 Å². The van der Waals surface area contributed by atoms with Crippen LogP contribution < -0.4 is 31.5 Å². The van der Waals surface area contributed by atoms with E-state index in [1.54, 1.807) is 23.1 Å². The third-order valence-electron chi connectivity index (χ3n) is 7.83. The lowest BCUT2D eigenvalue weighted by molar-refractivity contribution is -0.129. The Morgan fingerprint density at radius 1 is 1.11 bits per heavy atom. The van der Waals surface area contributed by atoms with E-state index in [1.165, 1.54) is 7.11 Å². The van der Waals surface area contributed by atoms with Crippen LogP contribution >= 0.6 is 0 Å². The number of carbonyl (C=O) groups excluding carboxylic acids is 2. The van der Waals surface area contributed by atoms with E-state index in [-0.39, 0.29) is 40.4 Å². The van der Waals surface area contributed by atoms with Gasteiger partial charge in [0.2, 0.25) is 5.91 Å². The number of likely N-dealkylation sites (tertiary alicyclic amines) is 1. The van der Waals surface area contributed by atoms with E-state index in [9.17, 15) is 19.2 Å². The van der Waals surface area contributed by atoms with Crippen LogP contribution in [0.3, 0.4) is 0 Å². The minimum atomic E-state index is -0.645. The molecule has 1 aromatic heterocycles. The zero-order chi connectivity index (χ0) is 27.0. The number of hydrogen-bond donors (Lipinski definition) is 3. The van der Waals surface area contributed by atoms with Gasteiger partial charge in [0.05, 0.1) is 29.8 Å². The molecule has 10 nitrogen and oxygen atoms in total. The molecule has 0 bridgehead atoms. The number of rotatable bonds is 8. The van der Waals surface area contributed by atoms with Gasteiger partial charge >= 0.3 is 0 Å². The standard InChI is InChI=1S/C28H32N4O6/c1-4-18(20-9-8-16(2)38-20)30-21-22(24(34)23(21)33)31-19-7-5-6-17(25(19)37-3)26(35)32-14-11-28(12-15-32)10-13-29-27(28)36/h5-9,18,30-31H,4,10-15H2,1-3H3,(H,29,36). The summed E-state index contributed by atoms with van der Waals surface area (Å²) in [5.41, 5.74) is -0.597. The first kappa shape index (κ1) is 25.6. The van der Waals surface area contributed by atoms with Crippen molar-refractivity contribution in [1.82, 2.24) is 10.2 Å². The van der Waals surface area contributed by atoms with Gasteiger partial charge in [0, 0.05) is 19.6 Å². The number of amides is 2. The zero-order valence-electron chi connectivity index (χ0n) is 21.8. The van der Waals surface area contributed by atoms with Crippen LogP contribution in [0.2, 0.25) is 0 Å². The van der Waals surface area contributed by atoms with Crippen LogP contribution in [0.25, 0.3) is 0 Å². The quantitative estimate of drug-likeness (QED) is 0.386. The number of methoxy groups -OCH3 is 1. The van der Waals surface area contributed by atoms with Gasteiger partial charge in [-0.15, -0.1) is 0 Å². The summed E-state index contributed by atoms with van der Waals surface area (Å²) in [6, 6.07) is 8.47. The number of hydrogen-bond acceptors (Lipinski definition) is 8. The molecule has 1 spiro atoms. The number of piperidine rings is 1. The minimum Gasteiger partial charge on any atom is -0.494 e. The third-order valence-corrected chi connectivity index (χ3v) is 7.83. The molecule has 2 saturated heterocycles. The number of para-hydroxylation sites is 1. The Kier molecular flexibility index (Phi) is 6.73. The Labute approximate surface area is 220 Å². The van der Waals surface area contributed by atoms with Crippen LogP contribution in [-0.4, -0.2) is 43.5 Å². The Hall–Kier alpha value is -4.08. The third kappa shape index (κ3) is 4.33. The summed E-state index contributed by atoms with van der Waals surface area (Å²) < 4.78 is 11.3. The average molecular weight is 521 g/mol. The number of ether oxygens (including phenoxy) is 1. The van der Waals surface area contributed by atoms with Crippen LogP contribution in [0, 0.1) is 12.3 Å². The van der Waals surface area contributed by atoms with Gasteiger partial charge in [-0.25, -0.2) is 0 Å². The van der Waals surface area contributed by atoms with Crippen molar-refractivity contribution in [3.63, 3.8) is 0 Å². The molecule has 1 atom stereocenters. The zero-order valence-corrected chi connectivity index (χ0v) is 21.8. The number of nitrogens with zero attached hydrogens (tertiary/aromatic N) is 1. The molecule has 3 N–H and O–H groups in total. The molecule has 0 radical (unpaired) electrons. The van der Waals surface area contributed by atoms with E-state index < -0.39 is 10.9 Å². The molecule has 5 rings (SSSR count). The fourth-order valence-electron chi connectivity index (χ4n) is 5.50. The number of carbonyl (C=O) groups is 2. The smallest absolute Gasteiger partial charge is 0.257 e. The number of anilines is 3. The normalized spacial score (nSPS) is 17.4. The summed E-state index contributed by atoms with van der Waals surface area (Å²) in [4.78, 5) is 52.5. The van der Waals surface area contributed by atoms with Gasteiger partial charge in [0.1, 0.15) is 22.9 Å². The molecule has 10 heteroatoms. The van der Waals surface area contributed by atoms with Crippen molar-refractivity contribution in [3.8, 4) is 5.75 Å². The fourth-order valence-corrected chi connectivity index (χ4v) is 5.50. The van der Waals surface area contributed by atoms with E-state index in [2.05, 4.69) is 16.0 Å². The highest BCUT2D eigenvalue weighted by Crippen LogP contribution is 2.39. The van der Waals surface area contributed by atoms with E-state index in [0.717, 1.165) is 12.2 Å². The maximum atomic E-state index is 13.5. The van der Waals surface area contributed by atoms with Crippen molar-refractivity contribution < 1.29 is 18.7 Å². The summed E-state index contributed by atoms with van der Waals surface area (Å²) in [6.07, 6.45) is 2.68. The predicted molar refractivity (Wildman–Crippen MR) is 143 cm³/mol. The minimum absolute atomic E-state index is 0.0817. The van der Waals surface area contributed by atoms with Crippen LogP contribution in [0.1, 0.15) is 60.5 Å². The lowest BCUT2D eigenvalue weighted by Crippen LogP contribution is -2.46. The highest BCUT2D eigenvalue weighted by atomic mass is 16.5. The maximum Gasteiger partial charge on any atom is 0.257 e. The Balaban J connectivity index is 1.36. The van der Waals surface area contributed by atoms with E-state index in [4.69, 9.17) is 9.15 Å². The molecule has 38 heavy (non-hydrogen) atoms. The second-order valence-corrected chi connectivity index (χ2v) is 10.1. The molecule has 1 unspecified atom stereocenters. The highest BCUT2D eigenvalue weighted by molar-refractivity contribution is 5.99. The van der Waals surface area contributed by atoms with E-state index in [0.29, 0.717) is 55.9 Å². The van der Waals surface area contributed by atoms with Crippen LogP contribution in [0.15, 0.2) is 44.3 Å². The predicted octanol–water partition coefficient (Wildman–Crippen LogP) is 3.24. The Morgan fingerprint density at radius 3 is 2.45 bits per heavy atom. The lowest BCUT2D eigenvalue weighted by atomic mass is 9.77. The topological polar surface area (TPSA) is 130 Å². The largest absolute Gasteiger partial charge is 0.494 e. The average Bonchev–Trinajstić information content (AvgIpc) is 3.52. The summed E-state index contributed by atoms with van der Waals surface area (Å²) >= 11 is 0. The van der Waals surface area contributed by atoms with Gasteiger partial charge in [0.25, 0.3) is 16.8 Å².